The van der Waals surface area contributed by atoms with Gasteiger partial charge in [-0.25, -0.2) is 14.8 Å². The molecule has 0 unspecified atom stereocenters. The molecule has 1 saturated heterocycles. The van der Waals surface area contributed by atoms with Gasteiger partial charge in [0, 0.05) is 61.8 Å². The van der Waals surface area contributed by atoms with Crippen molar-refractivity contribution in [1.29, 1.82) is 0 Å². The highest BCUT2D eigenvalue weighted by molar-refractivity contribution is 5.93. The molecule has 0 spiro atoms. The van der Waals surface area contributed by atoms with E-state index in [2.05, 4.69) is 36.9 Å². The first-order valence-electron chi connectivity index (χ1n) is 11.9. The van der Waals surface area contributed by atoms with E-state index in [0.717, 1.165) is 67.3 Å². The van der Waals surface area contributed by atoms with Crippen LogP contribution >= 0.6 is 0 Å². The van der Waals surface area contributed by atoms with Gasteiger partial charge in [0.15, 0.2) is 0 Å². The second kappa shape index (κ2) is 11.1. The van der Waals surface area contributed by atoms with E-state index in [-0.39, 0.29) is 5.97 Å². The summed E-state index contributed by atoms with van der Waals surface area (Å²) in [5.41, 5.74) is 3.83. The minimum atomic E-state index is -0.335. The summed E-state index contributed by atoms with van der Waals surface area (Å²) < 4.78 is 5.08. The maximum absolute atomic E-state index is 12.0. The Kier molecular flexibility index (Phi) is 7.78. The van der Waals surface area contributed by atoms with Gasteiger partial charge in [-0.2, -0.15) is 0 Å². The fourth-order valence-electron chi connectivity index (χ4n) is 4.39. The highest BCUT2D eigenvalue weighted by Crippen LogP contribution is 2.30. The van der Waals surface area contributed by atoms with Gasteiger partial charge in [0.2, 0.25) is 0 Å². The van der Waals surface area contributed by atoms with Crippen LogP contribution < -0.4 is 20.9 Å². The lowest BCUT2D eigenvalue weighted by molar-refractivity contribution is -0.137. The number of anilines is 4. The van der Waals surface area contributed by atoms with Crippen LogP contribution in [0.5, 0.6) is 0 Å². The van der Waals surface area contributed by atoms with Gasteiger partial charge >= 0.3 is 5.97 Å². The van der Waals surface area contributed by atoms with E-state index in [1.165, 1.54) is 18.9 Å². The highest BCUT2D eigenvalue weighted by Gasteiger charge is 2.18. The molecule has 2 fully saturated rings. The average Bonchev–Trinajstić information content (AvgIpc) is 3.33. The molecule has 0 atom stereocenters. The molecule has 0 amide bonds. The molecular weight excluding hydrogens is 416 g/mol. The first kappa shape index (κ1) is 23.0. The summed E-state index contributed by atoms with van der Waals surface area (Å²) in [5, 5.41) is 10.4. The molecule has 176 valence electrons. The number of aromatic nitrogens is 2. The van der Waals surface area contributed by atoms with Crippen molar-refractivity contribution >= 4 is 34.6 Å². The molecule has 2 aromatic heterocycles. The number of carbonyl (C=O) groups excluding carboxylic acids is 1. The fraction of sp³-hybridized carbons (Fsp3) is 0.480. The molecule has 4 rings (SSSR count). The normalized spacial score (nSPS) is 17.2. The lowest BCUT2D eigenvalue weighted by atomic mass is 10.1. The Morgan fingerprint density at radius 2 is 1.94 bits per heavy atom. The fourth-order valence-corrected chi connectivity index (χ4v) is 4.39. The van der Waals surface area contributed by atoms with E-state index >= 15 is 0 Å². The quantitative estimate of drug-likeness (QED) is 0.411. The number of nitrogens with one attached hydrogen (secondary N) is 3. The van der Waals surface area contributed by atoms with Crippen molar-refractivity contribution in [3.05, 3.63) is 42.2 Å². The minimum absolute atomic E-state index is 0.335. The number of allylic oxidation sites excluding steroid dienone is 1. The van der Waals surface area contributed by atoms with Gasteiger partial charge in [-0.1, -0.05) is 12.8 Å². The molecule has 3 N–H and O–H groups in total. The van der Waals surface area contributed by atoms with E-state index in [1.807, 2.05) is 25.3 Å². The van der Waals surface area contributed by atoms with Gasteiger partial charge in [0.05, 0.1) is 18.5 Å². The third kappa shape index (κ3) is 6.22. The smallest absolute Gasteiger partial charge is 0.331 e. The van der Waals surface area contributed by atoms with E-state index < -0.39 is 0 Å². The SMILES string of the molecule is CCOC(=O)/C=C(/C)c1cnc(Nc2ccc(N3CCNCC3)cn2)cc1NC1CCCC1. The number of esters is 1. The van der Waals surface area contributed by atoms with Crippen LogP contribution in [-0.4, -0.2) is 54.8 Å². The van der Waals surface area contributed by atoms with Gasteiger partial charge in [-0.05, 0) is 44.4 Å². The van der Waals surface area contributed by atoms with Gasteiger partial charge in [0.25, 0.3) is 0 Å². The van der Waals surface area contributed by atoms with E-state index in [0.29, 0.717) is 18.5 Å². The largest absolute Gasteiger partial charge is 0.463 e. The molecular formula is C25H34N6O2. The van der Waals surface area contributed by atoms with Gasteiger partial charge < -0.3 is 25.6 Å². The molecule has 8 nitrogen and oxygen atoms in total. The van der Waals surface area contributed by atoms with Gasteiger partial charge in [-0.3, -0.25) is 0 Å². The number of hydrogen-bond donors (Lipinski definition) is 3. The Morgan fingerprint density at radius 3 is 2.64 bits per heavy atom. The summed E-state index contributed by atoms with van der Waals surface area (Å²) in [6.45, 7) is 8.06. The van der Waals surface area contributed by atoms with Crippen molar-refractivity contribution in [2.45, 2.75) is 45.6 Å². The summed E-state index contributed by atoms with van der Waals surface area (Å²) in [5.74, 6) is 1.13. The van der Waals surface area contributed by atoms with Crippen LogP contribution in [0.4, 0.5) is 23.0 Å². The Bertz CT molecular complexity index is 963. The number of rotatable bonds is 8. The van der Waals surface area contributed by atoms with E-state index in [9.17, 15) is 4.79 Å². The lowest BCUT2D eigenvalue weighted by Crippen LogP contribution is -2.43. The Labute approximate surface area is 195 Å². The molecule has 1 aliphatic heterocycles. The molecule has 2 aromatic rings. The minimum Gasteiger partial charge on any atom is -0.463 e. The van der Waals surface area contributed by atoms with E-state index in [1.54, 1.807) is 13.1 Å². The molecule has 2 aliphatic rings. The molecule has 33 heavy (non-hydrogen) atoms. The molecule has 0 radical (unpaired) electrons. The number of piperazine rings is 1. The summed E-state index contributed by atoms with van der Waals surface area (Å²) >= 11 is 0. The van der Waals surface area contributed by atoms with Crippen molar-refractivity contribution in [2.75, 3.05) is 48.3 Å². The summed E-state index contributed by atoms with van der Waals surface area (Å²) in [7, 11) is 0. The zero-order valence-corrected chi connectivity index (χ0v) is 19.6. The van der Waals surface area contributed by atoms with Crippen molar-refractivity contribution in [2.24, 2.45) is 0 Å². The molecule has 0 aromatic carbocycles. The van der Waals surface area contributed by atoms with Crippen molar-refractivity contribution < 1.29 is 9.53 Å². The second-order valence-corrected chi connectivity index (χ2v) is 8.58. The lowest BCUT2D eigenvalue weighted by Gasteiger charge is -2.29. The number of hydrogen-bond acceptors (Lipinski definition) is 8. The topological polar surface area (TPSA) is 91.4 Å². The predicted molar refractivity (Wildman–Crippen MR) is 133 cm³/mol. The highest BCUT2D eigenvalue weighted by atomic mass is 16.5. The summed E-state index contributed by atoms with van der Waals surface area (Å²) in [4.78, 5) is 23.5. The molecule has 1 saturated carbocycles. The third-order valence-electron chi connectivity index (χ3n) is 6.15. The second-order valence-electron chi connectivity index (χ2n) is 8.58. The van der Waals surface area contributed by atoms with E-state index in [4.69, 9.17) is 4.74 Å². The summed E-state index contributed by atoms with van der Waals surface area (Å²) in [6, 6.07) is 6.52. The van der Waals surface area contributed by atoms with Gasteiger partial charge in [-0.15, -0.1) is 0 Å². The zero-order chi connectivity index (χ0) is 23.0. The van der Waals surface area contributed by atoms with Gasteiger partial charge in [0.1, 0.15) is 11.6 Å². The monoisotopic (exact) mass is 450 g/mol. The first-order chi connectivity index (χ1) is 16.1. The van der Waals surface area contributed by atoms with Crippen LogP contribution in [0.2, 0.25) is 0 Å². The molecule has 8 heteroatoms. The third-order valence-corrected chi connectivity index (χ3v) is 6.15. The number of pyridine rings is 2. The Morgan fingerprint density at radius 1 is 1.18 bits per heavy atom. The maximum atomic E-state index is 12.0. The van der Waals surface area contributed by atoms with Crippen molar-refractivity contribution in [3.8, 4) is 0 Å². The Hall–Kier alpha value is -3.13. The van der Waals surface area contributed by atoms with Crippen LogP contribution in [-0.2, 0) is 9.53 Å². The molecule has 1 aliphatic carbocycles. The zero-order valence-electron chi connectivity index (χ0n) is 19.6. The standard InChI is InChI=1S/C25H34N6O2/c1-3-33-25(32)14-18(2)21-17-28-24(15-22(21)29-19-6-4-5-7-19)30-23-9-8-20(16-27-23)31-12-10-26-11-13-31/h8-9,14-17,19,26H,3-7,10-13H2,1-2H3,(H2,27,28,29,30)/b18-14-. The number of ether oxygens (including phenoxy) is 1. The van der Waals surface area contributed by atoms with Crippen molar-refractivity contribution in [3.63, 3.8) is 0 Å². The predicted octanol–water partition coefficient (Wildman–Crippen LogP) is 3.95. The van der Waals surface area contributed by atoms with Crippen LogP contribution in [0.25, 0.3) is 5.57 Å². The maximum Gasteiger partial charge on any atom is 0.331 e. The molecule has 0 bridgehead atoms. The Balaban J connectivity index is 1.52. The van der Waals surface area contributed by atoms with Crippen LogP contribution in [0.15, 0.2) is 36.7 Å². The van der Waals surface area contributed by atoms with Crippen LogP contribution in [0.1, 0.15) is 45.1 Å². The number of nitrogens with zero attached hydrogens (tertiary/aromatic N) is 3. The number of carbonyl (C=O) groups is 1. The van der Waals surface area contributed by atoms with Crippen molar-refractivity contribution in [1.82, 2.24) is 15.3 Å². The summed E-state index contributed by atoms with van der Waals surface area (Å²) in [6.07, 6.45) is 10.0. The average molecular weight is 451 g/mol. The molecule has 3 heterocycles. The first-order valence-corrected chi connectivity index (χ1v) is 11.9. The van der Waals surface area contributed by atoms with Crippen LogP contribution in [0.3, 0.4) is 0 Å². The van der Waals surface area contributed by atoms with Crippen LogP contribution in [0, 0.1) is 0 Å².